The van der Waals surface area contributed by atoms with Crippen LogP contribution in [0.4, 0.5) is 0 Å². The molecule has 0 radical (unpaired) electrons. The molecule has 1 heterocycles. The van der Waals surface area contributed by atoms with Crippen LogP contribution in [0.15, 0.2) is 30.3 Å². The molecular formula is C16H24ClNO. The summed E-state index contributed by atoms with van der Waals surface area (Å²) in [6.45, 7) is 0.707. The van der Waals surface area contributed by atoms with E-state index in [1.54, 1.807) is 0 Å². The van der Waals surface area contributed by atoms with Crippen LogP contribution < -0.4 is 5.32 Å². The van der Waals surface area contributed by atoms with E-state index in [0.717, 1.165) is 17.9 Å². The zero-order valence-corrected chi connectivity index (χ0v) is 12.2. The minimum atomic E-state index is -0.649. The van der Waals surface area contributed by atoms with Crippen molar-refractivity contribution in [2.75, 3.05) is 6.54 Å². The van der Waals surface area contributed by atoms with E-state index in [1.807, 2.05) is 30.3 Å². The largest absolute Gasteiger partial charge is 0.384 e. The minimum Gasteiger partial charge on any atom is -0.384 e. The van der Waals surface area contributed by atoms with E-state index in [4.69, 9.17) is 0 Å². The van der Waals surface area contributed by atoms with E-state index < -0.39 is 5.60 Å². The molecule has 2 aliphatic rings. The molecule has 106 valence electrons. The lowest BCUT2D eigenvalue weighted by molar-refractivity contribution is 0.0528. The maximum atomic E-state index is 10.8. The molecular weight excluding hydrogens is 258 g/mol. The van der Waals surface area contributed by atoms with Crippen molar-refractivity contribution in [2.24, 2.45) is 5.92 Å². The van der Waals surface area contributed by atoms with Gasteiger partial charge in [0.05, 0.1) is 0 Å². The average molecular weight is 282 g/mol. The summed E-state index contributed by atoms with van der Waals surface area (Å²) < 4.78 is 0. The van der Waals surface area contributed by atoms with Crippen LogP contribution in [0, 0.1) is 5.92 Å². The lowest BCUT2D eigenvalue weighted by Crippen LogP contribution is -2.31. The Morgan fingerprint density at radius 1 is 1.05 bits per heavy atom. The Labute approximate surface area is 122 Å². The highest BCUT2D eigenvalue weighted by Crippen LogP contribution is 2.37. The molecule has 2 nitrogen and oxygen atoms in total. The van der Waals surface area contributed by atoms with Gasteiger partial charge in [0.25, 0.3) is 0 Å². The highest BCUT2D eigenvalue weighted by molar-refractivity contribution is 5.85. The van der Waals surface area contributed by atoms with Crippen molar-refractivity contribution in [3.8, 4) is 0 Å². The molecule has 0 spiro atoms. The highest BCUT2D eigenvalue weighted by atomic mass is 35.5. The first-order chi connectivity index (χ1) is 8.78. The number of nitrogens with one attached hydrogen (secondary N) is 1. The summed E-state index contributed by atoms with van der Waals surface area (Å²) in [6, 6.07) is 10.6. The smallest absolute Gasteiger partial charge is 0.103 e. The summed E-state index contributed by atoms with van der Waals surface area (Å²) in [7, 11) is 0. The van der Waals surface area contributed by atoms with Gasteiger partial charge in [0, 0.05) is 12.6 Å². The molecule has 1 aromatic rings. The molecule has 0 amide bonds. The molecule has 2 N–H and O–H groups in total. The topological polar surface area (TPSA) is 32.3 Å². The van der Waals surface area contributed by atoms with E-state index in [9.17, 15) is 5.11 Å². The molecule has 1 aliphatic carbocycles. The Kier molecular flexibility index (Phi) is 4.88. The Morgan fingerprint density at radius 2 is 1.74 bits per heavy atom. The first-order valence-electron chi connectivity index (χ1n) is 7.29. The van der Waals surface area contributed by atoms with Crippen molar-refractivity contribution in [2.45, 2.75) is 50.2 Å². The third kappa shape index (κ3) is 3.13. The van der Waals surface area contributed by atoms with Crippen molar-refractivity contribution < 1.29 is 5.11 Å². The zero-order chi connectivity index (χ0) is 12.4. The molecule has 2 unspecified atom stereocenters. The zero-order valence-electron chi connectivity index (χ0n) is 11.3. The normalized spacial score (nSPS) is 31.9. The summed E-state index contributed by atoms with van der Waals surface area (Å²) in [4.78, 5) is 0. The minimum absolute atomic E-state index is 0. The number of benzene rings is 1. The van der Waals surface area contributed by atoms with Gasteiger partial charge >= 0.3 is 0 Å². The van der Waals surface area contributed by atoms with Crippen molar-refractivity contribution in [1.29, 1.82) is 0 Å². The van der Waals surface area contributed by atoms with E-state index in [1.165, 1.54) is 32.1 Å². The van der Waals surface area contributed by atoms with Gasteiger partial charge in [-0.3, -0.25) is 0 Å². The van der Waals surface area contributed by atoms with Crippen molar-refractivity contribution in [3.05, 3.63) is 35.9 Å². The SMILES string of the molecule is Cl.OC1(c2ccccc2)CNC(C2CCCCC2)C1. The molecule has 2 fully saturated rings. The fraction of sp³-hybridized carbons (Fsp3) is 0.625. The third-order valence-corrected chi connectivity index (χ3v) is 4.74. The number of β-amino-alcohol motifs (C(OH)–C–C–N with tert-alkyl or cyclic N) is 1. The van der Waals surface area contributed by atoms with Crippen LogP contribution in [0.25, 0.3) is 0 Å². The van der Waals surface area contributed by atoms with Crippen LogP contribution in [0.2, 0.25) is 0 Å². The molecule has 0 bridgehead atoms. The molecule has 0 aromatic heterocycles. The first-order valence-corrected chi connectivity index (χ1v) is 7.29. The van der Waals surface area contributed by atoms with Gasteiger partial charge in [-0.2, -0.15) is 0 Å². The predicted octanol–water partition coefficient (Wildman–Crippen LogP) is 3.24. The number of halogens is 1. The molecule has 3 heteroatoms. The van der Waals surface area contributed by atoms with Crippen LogP contribution in [0.5, 0.6) is 0 Å². The Balaban J connectivity index is 0.00000133. The van der Waals surface area contributed by atoms with E-state index in [2.05, 4.69) is 5.32 Å². The molecule has 1 aliphatic heterocycles. The second-order valence-electron chi connectivity index (χ2n) is 5.99. The van der Waals surface area contributed by atoms with Gasteiger partial charge in [-0.05, 0) is 30.7 Å². The fourth-order valence-corrected chi connectivity index (χ4v) is 3.65. The summed E-state index contributed by atoms with van der Waals surface area (Å²) in [6.07, 6.45) is 7.68. The lowest BCUT2D eigenvalue weighted by Gasteiger charge is -2.28. The summed E-state index contributed by atoms with van der Waals surface area (Å²) >= 11 is 0. The lowest BCUT2D eigenvalue weighted by atomic mass is 9.80. The second-order valence-corrected chi connectivity index (χ2v) is 5.99. The molecule has 1 saturated heterocycles. The summed E-state index contributed by atoms with van der Waals surface area (Å²) in [5.41, 5.74) is 0.416. The molecule has 19 heavy (non-hydrogen) atoms. The quantitative estimate of drug-likeness (QED) is 0.872. The van der Waals surface area contributed by atoms with E-state index in [0.29, 0.717) is 12.6 Å². The van der Waals surface area contributed by atoms with Gasteiger partial charge < -0.3 is 10.4 Å². The first kappa shape index (κ1) is 14.8. The number of hydrogen-bond acceptors (Lipinski definition) is 2. The van der Waals surface area contributed by atoms with Gasteiger partial charge in [0.15, 0.2) is 0 Å². The number of rotatable bonds is 2. The Bertz CT molecular complexity index is 391. The second kappa shape index (κ2) is 6.25. The maximum absolute atomic E-state index is 10.8. The monoisotopic (exact) mass is 281 g/mol. The Morgan fingerprint density at radius 3 is 2.42 bits per heavy atom. The summed E-state index contributed by atoms with van der Waals surface area (Å²) in [5, 5.41) is 14.4. The maximum Gasteiger partial charge on any atom is 0.103 e. The van der Waals surface area contributed by atoms with Gasteiger partial charge in [-0.15, -0.1) is 12.4 Å². The van der Waals surface area contributed by atoms with Gasteiger partial charge in [0.2, 0.25) is 0 Å². The van der Waals surface area contributed by atoms with Crippen molar-refractivity contribution in [3.63, 3.8) is 0 Å². The van der Waals surface area contributed by atoms with E-state index in [-0.39, 0.29) is 12.4 Å². The average Bonchev–Trinajstić information content (AvgIpc) is 2.85. The molecule has 1 aromatic carbocycles. The molecule has 1 saturated carbocycles. The van der Waals surface area contributed by atoms with Crippen LogP contribution in [0.3, 0.4) is 0 Å². The van der Waals surface area contributed by atoms with Gasteiger partial charge in [-0.25, -0.2) is 0 Å². The Hall–Kier alpha value is -0.570. The molecule has 3 rings (SSSR count). The van der Waals surface area contributed by atoms with Crippen LogP contribution >= 0.6 is 12.4 Å². The van der Waals surface area contributed by atoms with Gasteiger partial charge in [-0.1, -0.05) is 49.6 Å². The fourth-order valence-electron chi connectivity index (χ4n) is 3.65. The van der Waals surface area contributed by atoms with Crippen LogP contribution in [0.1, 0.15) is 44.1 Å². The standard InChI is InChI=1S/C16H23NO.ClH/c18-16(14-9-5-2-6-10-14)11-15(17-12-16)13-7-3-1-4-8-13;/h2,5-6,9-10,13,15,17-18H,1,3-4,7-8,11-12H2;1H. The van der Waals surface area contributed by atoms with E-state index >= 15 is 0 Å². The van der Waals surface area contributed by atoms with Crippen LogP contribution in [-0.2, 0) is 5.60 Å². The van der Waals surface area contributed by atoms with Crippen molar-refractivity contribution >= 4 is 12.4 Å². The number of aliphatic hydroxyl groups is 1. The summed E-state index contributed by atoms with van der Waals surface area (Å²) in [5.74, 6) is 0.775. The van der Waals surface area contributed by atoms with Crippen molar-refractivity contribution in [1.82, 2.24) is 5.32 Å². The van der Waals surface area contributed by atoms with Gasteiger partial charge in [0.1, 0.15) is 5.60 Å². The predicted molar refractivity (Wildman–Crippen MR) is 80.6 cm³/mol. The van der Waals surface area contributed by atoms with Crippen LogP contribution in [-0.4, -0.2) is 17.7 Å². The highest BCUT2D eigenvalue weighted by Gasteiger charge is 2.41. The molecule has 2 atom stereocenters. The third-order valence-electron chi connectivity index (χ3n) is 4.74. The number of hydrogen-bond donors (Lipinski definition) is 2.